The van der Waals surface area contributed by atoms with E-state index in [1.54, 1.807) is 12.1 Å². The minimum Gasteiger partial charge on any atom is -0.476 e. The smallest absolute Gasteiger partial charge is 0.429 e. The van der Waals surface area contributed by atoms with E-state index in [9.17, 15) is 13.2 Å². The van der Waals surface area contributed by atoms with Gasteiger partial charge in [0, 0.05) is 5.56 Å². The number of benzene rings is 1. The Balaban J connectivity index is 2.30. The Kier molecular flexibility index (Phi) is 2.66. The van der Waals surface area contributed by atoms with E-state index in [1.807, 2.05) is 13.0 Å². The van der Waals surface area contributed by atoms with E-state index in [0.717, 1.165) is 18.1 Å². The number of fused-ring (bicyclic) bond motifs is 1. The van der Waals surface area contributed by atoms with Crippen molar-refractivity contribution in [2.24, 2.45) is 0 Å². The molecule has 1 unspecified atom stereocenters. The molecule has 1 nitrogen and oxygen atoms in total. The Hall–Kier alpha value is -1.45. The van der Waals surface area contributed by atoms with Gasteiger partial charge in [-0.25, -0.2) is 0 Å². The van der Waals surface area contributed by atoms with Crippen molar-refractivity contribution in [3.05, 3.63) is 35.4 Å². The summed E-state index contributed by atoms with van der Waals surface area (Å²) in [5, 5.41) is 0. The van der Waals surface area contributed by atoms with E-state index in [4.69, 9.17) is 4.74 Å². The molecule has 0 spiro atoms. The molecule has 0 N–H and O–H groups in total. The highest BCUT2D eigenvalue weighted by Crippen LogP contribution is 2.33. The van der Waals surface area contributed by atoms with Crippen molar-refractivity contribution in [2.45, 2.75) is 25.6 Å². The third-order valence-corrected chi connectivity index (χ3v) is 2.51. The number of alkyl halides is 3. The van der Waals surface area contributed by atoms with Gasteiger partial charge in [0.15, 0.2) is 0 Å². The molecule has 4 heteroatoms. The molecule has 1 aliphatic heterocycles. The van der Waals surface area contributed by atoms with Gasteiger partial charge >= 0.3 is 6.18 Å². The van der Waals surface area contributed by atoms with Gasteiger partial charge in [0.2, 0.25) is 6.10 Å². The second kappa shape index (κ2) is 3.85. The lowest BCUT2D eigenvalue weighted by Crippen LogP contribution is -2.33. The van der Waals surface area contributed by atoms with Crippen molar-refractivity contribution in [3.8, 4) is 5.75 Å². The highest BCUT2D eigenvalue weighted by molar-refractivity contribution is 5.61. The maximum Gasteiger partial charge on any atom is 0.429 e. The molecule has 86 valence electrons. The Bertz CT molecular complexity index is 421. The summed E-state index contributed by atoms with van der Waals surface area (Å²) in [7, 11) is 0. The van der Waals surface area contributed by atoms with Crippen molar-refractivity contribution in [1.29, 1.82) is 0 Å². The second-order valence-electron chi connectivity index (χ2n) is 3.66. The Morgan fingerprint density at radius 1 is 1.31 bits per heavy atom. The Morgan fingerprint density at radius 3 is 2.69 bits per heavy atom. The number of hydrogen-bond donors (Lipinski definition) is 0. The zero-order chi connectivity index (χ0) is 11.8. The van der Waals surface area contributed by atoms with Gasteiger partial charge in [-0.15, -0.1) is 0 Å². The van der Waals surface area contributed by atoms with Crippen molar-refractivity contribution in [2.75, 3.05) is 0 Å². The summed E-state index contributed by atoms with van der Waals surface area (Å²) in [5.41, 5.74) is 1.79. The molecule has 1 aromatic carbocycles. The van der Waals surface area contributed by atoms with E-state index >= 15 is 0 Å². The Morgan fingerprint density at radius 2 is 2.06 bits per heavy atom. The average molecular weight is 228 g/mol. The van der Waals surface area contributed by atoms with Crippen LogP contribution >= 0.6 is 0 Å². The number of aryl methyl sites for hydroxylation is 1. The maximum atomic E-state index is 12.4. The molecule has 2 rings (SSSR count). The molecule has 16 heavy (non-hydrogen) atoms. The van der Waals surface area contributed by atoms with Crippen LogP contribution in [0.25, 0.3) is 6.08 Å². The second-order valence-corrected chi connectivity index (χ2v) is 3.66. The zero-order valence-corrected chi connectivity index (χ0v) is 8.71. The van der Waals surface area contributed by atoms with Gasteiger partial charge in [0.25, 0.3) is 0 Å². The summed E-state index contributed by atoms with van der Waals surface area (Å²) in [6.45, 7) is 1.99. The third kappa shape index (κ3) is 2.05. The average Bonchev–Trinajstić information content (AvgIpc) is 2.26. The van der Waals surface area contributed by atoms with Gasteiger partial charge in [0.1, 0.15) is 5.75 Å². The number of rotatable bonds is 1. The van der Waals surface area contributed by atoms with Gasteiger partial charge < -0.3 is 4.74 Å². The molecule has 0 saturated heterocycles. The molecule has 1 aliphatic rings. The van der Waals surface area contributed by atoms with Crippen LogP contribution in [0.1, 0.15) is 18.1 Å². The van der Waals surface area contributed by atoms with E-state index in [1.165, 1.54) is 6.08 Å². The van der Waals surface area contributed by atoms with Gasteiger partial charge in [-0.2, -0.15) is 13.2 Å². The number of ether oxygens (including phenoxy) is 1. The lowest BCUT2D eigenvalue weighted by Gasteiger charge is -2.23. The zero-order valence-electron chi connectivity index (χ0n) is 8.71. The summed E-state index contributed by atoms with van der Waals surface area (Å²) in [5.74, 6) is 0.294. The van der Waals surface area contributed by atoms with E-state index < -0.39 is 12.3 Å². The first-order valence-corrected chi connectivity index (χ1v) is 5.05. The van der Waals surface area contributed by atoms with Crippen LogP contribution in [0, 0.1) is 0 Å². The standard InChI is InChI=1S/C12H11F3O/c1-2-8-3-5-10-9(7-8)4-6-11(16-10)12(13,14)15/h3-7,11H,2H2,1H3. The molecule has 0 radical (unpaired) electrons. The summed E-state index contributed by atoms with van der Waals surface area (Å²) in [4.78, 5) is 0. The van der Waals surface area contributed by atoms with Crippen LogP contribution in [0.5, 0.6) is 5.75 Å². The largest absolute Gasteiger partial charge is 0.476 e. The maximum absolute atomic E-state index is 12.4. The van der Waals surface area contributed by atoms with Gasteiger partial charge in [-0.1, -0.05) is 19.1 Å². The van der Waals surface area contributed by atoms with Crippen LogP contribution < -0.4 is 4.74 Å². The van der Waals surface area contributed by atoms with Crippen LogP contribution in [-0.4, -0.2) is 12.3 Å². The van der Waals surface area contributed by atoms with Crippen molar-refractivity contribution in [3.63, 3.8) is 0 Å². The molecular weight excluding hydrogens is 217 g/mol. The molecule has 0 saturated carbocycles. The molecule has 0 amide bonds. The van der Waals surface area contributed by atoms with E-state index in [-0.39, 0.29) is 0 Å². The van der Waals surface area contributed by atoms with Crippen LogP contribution in [0.2, 0.25) is 0 Å². The van der Waals surface area contributed by atoms with Crippen molar-refractivity contribution in [1.82, 2.24) is 0 Å². The molecule has 0 fully saturated rings. The molecule has 0 bridgehead atoms. The predicted octanol–water partition coefficient (Wildman–Crippen LogP) is 3.59. The lowest BCUT2D eigenvalue weighted by atomic mass is 10.0. The van der Waals surface area contributed by atoms with Crippen LogP contribution in [0.4, 0.5) is 13.2 Å². The topological polar surface area (TPSA) is 9.23 Å². The van der Waals surface area contributed by atoms with Crippen LogP contribution in [0.15, 0.2) is 24.3 Å². The normalized spacial score (nSPS) is 19.1. The quantitative estimate of drug-likeness (QED) is 0.713. The first-order chi connectivity index (χ1) is 7.50. The van der Waals surface area contributed by atoms with Gasteiger partial charge in [-0.3, -0.25) is 0 Å². The monoisotopic (exact) mass is 228 g/mol. The summed E-state index contributed by atoms with van der Waals surface area (Å²) < 4.78 is 42.1. The van der Waals surface area contributed by atoms with E-state index in [2.05, 4.69) is 0 Å². The summed E-state index contributed by atoms with van der Waals surface area (Å²) in [6, 6.07) is 5.22. The highest BCUT2D eigenvalue weighted by Gasteiger charge is 2.41. The molecule has 0 aromatic heterocycles. The molecule has 0 aliphatic carbocycles. The fourth-order valence-electron chi connectivity index (χ4n) is 1.60. The first-order valence-electron chi connectivity index (χ1n) is 5.05. The third-order valence-electron chi connectivity index (χ3n) is 2.51. The summed E-state index contributed by atoms with van der Waals surface area (Å²) >= 11 is 0. The predicted molar refractivity (Wildman–Crippen MR) is 55.3 cm³/mol. The molecule has 1 atom stereocenters. The SMILES string of the molecule is CCc1ccc2c(c1)C=CC(C(F)(F)F)O2. The number of halogens is 3. The molecule has 1 heterocycles. The van der Waals surface area contributed by atoms with Crippen molar-refractivity contribution < 1.29 is 17.9 Å². The Labute approximate surface area is 91.5 Å². The lowest BCUT2D eigenvalue weighted by molar-refractivity contribution is -0.180. The molecular formula is C12H11F3O. The minimum atomic E-state index is -4.35. The van der Waals surface area contributed by atoms with Crippen LogP contribution in [0.3, 0.4) is 0 Å². The fourth-order valence-corrected chi connectivity index (χ4v) is 1.60. The minimum absolute atomic E-state index is 0.294. The highest BCUT2D eigenvalue weighted by atomic mass is 19.4. The van der Waals surface area contributed by atoms with Crippen LogP contribution in [-0.2, 0) is 6.42 Å². The number of hydrogen-bond acceptors (Lipinski definition) is 1. The van der Waals surface area contributed by atoms with Gasteiger partial charge in [0.05, 0.1) is 0 Å². The van der Waals surface area contributed by atoms with Crippen molar-refractivity contribution >= 4 is 6.08 Å². The summed E-state index contributed by atoms with van der Waals surface area (Å²) in [6.07, 6.45) is -2.81. The first kappa shape index (κ1) is 11.0. The molecule has 1 aromatic rings. The fraction of sp³-hybridized carbons (Fsp3) is 0.333. The van der Waals surface area contributed by atoms with E-state index in [0.29, 0.717) is 11.3 Å². The van der Waals surface area contributed by atoms with Gasteiger partial charge in [-0.05, 0) is 30.2 Å².